The molecule has 0 bridgehead atoms. The maximum atomic E-state index is 14.4. The van der Waals surface area contributed by atoms with Crippen molar-refractivity contribution in [3.05, 3.63) is 64.7 Å². The molecule has 2 aromatic carbocycles. The predicted molar refractivity (Wildman–Crippen MR) is 123 cm³/mol. The molecule has 0 spiro atoms. The van der Waals surface area contributed by atoms with Gasteiger partial charge in [-0.15, -0.1) is 0 Å². The molecule has 0 saturated heterocycles. The number of benzene rings is 2. The number of unbranched alkanes of at least 4 members (excludes halogenated alkanes) is 2. The zero-order chi connectivity index (χ0) is 22.1. The van der Waals surface area contributed by atoms with Crippen molar-refractivity contribution in [3.63, 3.8) is 0 Å². The highest BCUT2D eigenvalue weighted by atomic mass is 19.2. The average Bonchev–Trinajstić information content (AvgIpc) is 2.80. The molecule has 1 saturated carbocycles. The molecule has 0 aromatic heterocycles. The fraction of sp³-hybridized carbons (Fsp3) is 0.500. The fourth-order valence-corrected chi connectivity index (χ4v) is 4.27. The largest absolute Gasteiger partial charge is 0.490 e. The van der Waals surface area contributed by atoms with Gasteiger partial charge in [-0.2, -0.15) is 4.39 Å². The Balaban J connectivity index is 1.55. The maximum Gasteiger partial charge on any atom is 0.201 e. The van der Waals surface area contributed by atoms with Crippen LogP contribution in [0.5, 0.6) is 5.75 Å². The van der Waals surface area contributed by atoms with Crippen LogP contribution in [0.4, 0.5) is 8.78 Å². The van der Waals surface area contributed by atoms with Crippen molar-refractivity contribution in [1.29, 1.82) is 0 Å². The second-order valence-electron chi connectivity index (χ2n) is 8.60. The molecule has 0 unspecified atom stereocenters. The highest BCUT2D eigenvalue weighted by Crippen LogP contribution is 2.35. The third kappa shape index (κ3) is 6.57. The number of ether oxygens (including phenoxy) is 1. The predicted octanol–water partition coefficient (Wildman–Crippen LogP) is 7.81. The summed E-state index contributed by atoms with van der Waals surface area (Å²) in [6, 6.07) is 12.1. The molecule has 31 heavy (non-hydrogen) atoms. The standard InChI is InChI=1S/C28H34F2O/c1-3-5-6-20-31-26-19-18-25(27(29)28(26)30)17-12-22-10-15-24(16-11-22)23-13-8-21(7-4-2)9-14-23/h8-9,13-14,18-19,22,24H,3-7,10-11,15-16,20H2,1-2H3/t22-,24-. The van der Waals surface area contributed by atoms with Crippen LogP contribution in [0.1, 0.15) is 87.8 Å². The number of hydrogen-bond donors (Lipinski definition) is 0. The Morgan fingerprint density at radius 2 is 1.61 bits per heavy atom. The molecule has 0 heterocycles. The Morgan fingerprint density at radius 1 is 0.871 bits per heavy atom. The first kappa shape index (κ1) is 23.3. The van der Waals surface area contributed by atoms with Gasteiger partial charge in [0.1, 0.15) is 0 Å². The van der Waals surface area contributed by atoms with E-state index in [0.29, 0.717) is 12.5 Å². The van der Waals surface area contributed by atoms with Crippen LogP contribution in [0, 0.1) is 29.4 Å². The SMILES string of the molecule is CCCCCOc1ccc(C#C[C@H]2CC[C@H](c3ccc(CCC)cc3)CC2)c(F)c1F. The zero-order valence-electron chi connectivity index (χ0n) is 18.9. The Morgan fingerprint density at radius 3 is 2.29 bits per heavy atom. The molecule has 2 aromatic rings. The highest BCUT2D eigenvalue weighted by molar-refractivity contribution is 5.41. The Labute approximate surface area is 186 Å². The topological polar surface area (TPSA) is 9.23 Å². The minimum absolute atomic E-state index is 0.0235. The summed E-state index contributed by atoms with van der Waals surface area (Å²) in [4.78, 5) is 0. The minimum atomic E-state index is -0.932. The summed E-state index contributed by atoms with van der Waals surface area (Å²) in [6.45, 7) is 4.69. The average molecular weight is 425 g/mol. The van der Waals surface area contributed by atoms with E-state index >= 15 is 0 Å². The summed E-state index contributed by atoms with van der Waals surface area (Å²) >= 11 is 0. The molecule has 0 atom stereocenters. The number of halogens is 2. The van der Waals surface area contributed by atoms with E-state index in [0.717, 1.165) is 51.4 Å². The van der Waals surface area contributed by atoms with Crippen LogP contribution in [-0.2, 0) is 6.42 Å². The van der Waals surface area contributed by atoms with Gasteiger partial charge in [0, 0.05) is 5.92 Å². The lowest BCUT2D eigenvalue weighted by atomic mass is 9.78. The summed E-state index contributed by atoms with van der Waals surface area (Å²) in [5.74, 6) is 5.03. The monoisotopic (exact) mass is 424 g/mol. The van der Waals surface area contributed by atoms with E-state index in [1.165, 1.54) is 29.7 Å². The van der Waals surface area contributed by atoms with Gasteiger partial charge in [0.05, 0.1) is 12.2 Å². The van der Waals surface area contributed by atoms with Crippen LogP contribution in [0.2, 0.25) is 0 Å². The molecule has 1 aliphatic carbocycles. The summed E-state index contributed by atoms with van der Waals surface area (Å²) in [7, 11) is 0. The third-order valence-corrected chi connectivity index (χ3v) is 6.18. The second-order valence-corrected chi connectivity index (χ2v) is 8.60. The lowest BCUT2D eigenvalue weighted by Gasteiger charge is -2.26. The van der Waals surface area contributed by atoms with E-state index in [-0.39, 0.29) is 17.2 Å². The van der Waals surface area contributed by atoms with Crippen molar-refractivity contribution < 1.29 is 13.5 Å². The quantitative estimate of drug-likeness (QED) is 0.310. The molecule has 166 valence electrons. The minimum Gasteiger partial charge on any atom is -0.490 e. The van der Waals surface area contributed by atoms with Crippen LogP contribution in [0.15, 0.2) is 36.4 Å². The summed E-state index contributed by atoms with van der Waals surface area (Å²) in [6.07, 6.45) is 9.39. The molecule has 1 nitrogen and oxygen atoms in total. The second kappa shape index (κ2) is 11.9. The molecular weight excluding hydrogens is 390 g/mol. The molecule has 1 fully saturated rings. The summed E-state index contributed by atoms with van der Waals surface area (Å²) in [5, 5.41) is 0. The lowest BCUT2D eigenvalue weighted by Crippen LogP contribution is -2.12. The number of rotatable bonds is 8. The van der Waals surface area contributed by atoms with Gasteiger partial charge >= 0.3 is 0 Å². The van der Waals surface area contributed by atoms with E-state index in [1.54, 1.807) is 0 Å². The van der Waals surface area contributed by atoms with E-state index in [4.69, 9.17) is 4.74 Å². The fourth-order valence-electron chi connectivity index (χ4n) is 4.27. The molecule has 3 rings (SSSR count). The first-order valence-electron chi connectivity index (χ1n) is 11.8. The van der Waals surface area contributed by atoms with Gasteiger partial charge in [-0.05, 0) is 67.7 Å². The molecule has 0 radical (unpaired) electrons. The smallest absolute Gasteiger partial charge is 0.201 e. The van der Waals surface area contributed by atoms with Crippen molar-refractivity contribution >= 4 is 0 Å². The first-order valence-corrected chi connectivity index (χ1v) is 11.8. The molecule has 0 N–H and O–H groups in total. The normalized spacial score (nSPS) is 18.3. The van der Waals surface area contributed by atoms with Gasteiger partial charge in [-0.3, -0.25) is 0 Å². The van der Waals surface area contributed by atoms with Crippen molar-refractivity contribution in [2.45, 2.75) is 77.6 Å². The van der Waals surface area contributed by atoms with Crippen LogP contribution in [0.25, 0.3) is 0 Å². The van der Waals surface area contributed by atoms with Crippen LogP contribution in [-0.4, -0.2) is 6.61 Å². The number of hydrogen-bond acceptors (Lipinski definition) is 1. The Hall–Kier alpha value is -2.34. The van der Waals surface area contributed by atoms with Crippen LogP contribution < -0.4 is 4.74 Å². The van der Waals surface area contributed by atoms with Crippen LogP contribution in [0.3, 0.4) is 0 Å². The maximum absolute atomic E-state index is 14.4. The van der Waals surface area contributed by atoms with Crippen molar-refractivity contribution in [2.75, 3.05) is 6.61 Å². The summed E-state index contributed by atoms with van der Waals surface area (Å²) in [5.41, 5.74) is 2.93. The Bertz CT molecular complexity index is 884. The van der Waals surface area contributed by atoms with E-state index in [9.17, 15) is 8.78 Å². The zero-order valence-corrected chi connectivity index (χ0v) is 18.9. The molecule has 1 aliphatic rings. The highest BCUT2D eigenvalue weighted by Gasteiger charge is 2.21. The molecular formula is C28H34F2O. The van der Waals surface area contributed by atoms with E-state index in [2.05, 4.69) is 50.0 Å². The molecule has 0 amide bonds. The van der Waals surface area contributed by atoms with Gasteiger partial charge in [0.15, 0.2) is 11.6 Å². The van der Waals surface area contributed by atoms with Gasteiger partial charge in [-0.25, -0.2) is 4.39 Å². The molecule has 0 aliphatic heterocycles. The first-order chi connectivity index (χ1) is 15.1. The summed E-state index contributed by atoms with van der Waals surface area (Å²) < 4.78 is 34.1. The van der Waals surface area contributed by atoms with Crippen molar-refractivity contribution in [1.82, 2.24) is 0 Å². The van der Waals surface area contributed by atoms with Gasteiger partial charge in [0.2, 0.25) is 5.82 Å². The van der Waals surface area contributed by atoms with E-state index in [1.807, 2.05) is 0 Å². The Kier molecular flexibility index (Phi) is 8.95. The van der Waals surface area contributed by atoms with Crippen LogP contribution >= 0.6 is 0 Å². The molecule has 3 heteroatoms. The van der Waals surface area contributed by atoms with Gasteiger partial charge < -0.3 is 4.74 Å². The van der Waals surface area contributed by atoms with Gasteiger partial charge in [-0.1, -0.05) is 69.2 Å². The third-order valence-electron chi connectivity index (χ3n) is 6.18. The number of aryl methyl sites for hydroxylation is 1. The van der Waals surface area contributed by atoms with E-state index < -0.39 is 11.6 Å². The van der Waals surface area contributed by atoms with Crippen molar-refractivity contribution in [2.24, 2.45) is 5.92 Å². The lowest BCUT2D eigenvalue weighted by molar-refractivity contribution is 0.286. The van der Waals surface area contributed by atoms with Crippen molar-refractivity contribution in [3.8, 4) is 17.6 Å². The van der Waals surface area contributed by atoms with Gasteiger partial charge in [0.25, 0.3) is 0 Å².